The van der Waals surface area contributed by atoms with Crippen LogP contribution >= 0.6 is 0 Å². The van der Waals surface area contributed by atoms with Gasteiger partial charge in [-0.05, 0) is 19.3 Å². The molecule has 1 fully saturated rings. The highest BCUT2D eigenvalue weighted by molar-refractivity contribution is 4.89. The highest BCUT2D eigenvalue weighted by Gasteiger charge is 2.33. The van der Waals surface area contributed by atoms with Crippen LogP contribution in [-0.4, -0.2) is 26.9 Å². The van der Waals surface area contributed by atoms with E-state index in [-0.39, 0.29) is 5.60 Å². The van der Waals surface area contributed by atoms with E-state index in [4.69, 9.17) is 10.5 Å². The summed E-state index contributed by atoms with van der Waals surface area (Å²) >= 11 is 0. The fourth-order valence-electron chi connectivity index (χ4n) is 2.44. The van der Waals surface area contributed by atoms with E-state index in [1.807, 2.05) is 4.68 Å². The smallest absolute Gasteiger partial charge is 0.152 e. The van der Waals surface area contributed by atoms with Crippen LogP contribution in [0.2, 0.25) is 0 Å². The van der Waals surface area contributed by atoms with Crippen molar-refractivity contribution in [1.29, 1.82) is 0 Å². The summed E-state index contributed by atoms with van der Waals surface area (Å²) in [5.74, 6) is 0.909. The van der Waals surface area contributed by atoms with Gasteiger partial charge in [0.15, 0.2) is 5.82 Å². The maximum atomic E-state index is 6.02. The van der Waals surface area contributed by atoms with Gasteiger partial charge in [-0.2, -0.15) is 5.10 Å². The first-order valence-corrected chi connectivity index (χ1v) is 6.50. The molecule has 5 heteroatoms. The van der Waals surface area contributed by atoms with Crippen molar-refractivity contribution in [3.63, 3.8) is 0 Å². The monoisotopic (exact) mass is 238 g/mol. The summed E-state index contributed by atoms with van der Waals surface area (Å²) in [6.45, 7) is 4.16. The van der Waals surface area contributed by atoms with Crippen molar-refractivity contribution in [2.24, 2.45) is 5.73 Å². The Morgan fingerprint density at radius 1 is 1.47 bits per heavy atom. The molecule has 1 aromatic heterocycles. The highest BCUT2D eigenvalue weighted by atomic mass is 16.5. The van der Waals surface area contributed by atoms with Crippen molar-refractivity contribution in [2.75, 3.05) is 6.54 Å². The third kappa shape index (κ3) is 2.84. The average Bonchev–Trinajstić information content (AvgIpc) is 2.97. The molecule has 1 aliphatic rings. The number of aromatic nitrogens is 3. The lowest BCUT2D eigenvalue weighted by Gasteiger charge is -2.27. The number of aryl methyl sites for hydroxylation is 1. The molecule has 0 aliphatic heterocycles. The van der Waals surface area contributed by atoms with E-state index in [9.17, 15) is 0 Å². The highest BCUT2D eigenvalue weighted by Crippen LogP contribution is 2.32. The number of hydrogen-bond acceptors (Lipinski definition) is 4. The molecule has 0 spiro atoms. The predicted octanol–water partition coefficient (Wildman–Crippen LogP) is 1.48. The van der Waals surface area contributed by atoms with Crippen molar-refractivity contribution < 1.29 is 4.74 Å². The lowest BCUT2D eigenvalue weighted by Crippen LogP contribution is -2.38. The molecule has 0 unspecified atom stereocenters. The maximum absolute atomic E-state index is 6.02. The van der Waals surface area contributed by atoms with Crippen LogP contribution < -0.4 is 5.73 Å². The topological polar surface area (TPSA) is 66.0 Å². The van der Waals surface area contributed by atoms with Crippen LogP contribution in [0.15, 0.2) is 6.33 Å². The first kappa shape index (κ1) is 12.5. The Labute approximate surface area is 102 Å². The van der Waals surface area contributed by atoms with E-state index in [2.05, 4.69) is 17.0 Å². The minimum Gasteiger partial charge on any atom is -0.366 e. The Balaban J connectivity index is 1.94. The summed E-state index contributed by atoms with van der Waals surface area (Å²) in [5, 5.41) is 4.19. The van der Waals surface area contributed by atoms with Gasteiger partial charge in [0.2, 0.25) is 0 Å². The molecule has 5 nitrogen and oxygen atoms in total. The van der Waals surface area contributed by atoms with E-state index < -0.39 is 0 Å². The normalized spacial score (nSPS) is 18.7. The van der Waals surface area contributed by atoms with E-state index in [0.29, 0.717) is 13.2 Å². The molecule has 1 aromatic rings. The van der Waals surface area contributed by atoms with Gasteiger partial charge in [0.1, 0.15) is 12.9 Å². The maximum Gasteiger partial charge on any atom is 0.152 e. The molecular weight excluding hydrogens is 216 g/mol. The second kappa shape index (κ2) is 5.60. The lowest BCUT2D eigenvalue weighted by atomic mass is 10.0. The van der Waals surface area contributed by atoms with Crippen LogP contribution in [0, 0.1) is 0 Å². The van der Waals surface area contributed by atoms with Crippen molar-refractivity contribution in [3.8, 4) is 0 Å². The van der Waals surface area contributed by atoms with Gasteiger partial charge in [0.25, 0.3) is 0 Å². The molecule has 0 aromatic carbocycles. The van der Waals surface area contributed by atoms with Crippen LogP contribution in [0.1, 0.15) is 44.9 Å². The molecule has 0 saturated heterocycles. The SMILES string of the molecule is CCCn1ncnc1COC1(CN)CCCC1. The van der Waals surface area contributed by atoms with Crippen molar-refractivity contribution in [3.05, 3.63) is 12.2 Å². The second-order valence-electron chi connectivity index (χ2n) is 4.78. The van der Waals surface area contributed by atoms with Gasteiger partial charge in [-0.25, -0.2) is 9.67 Å². The average molecular weight is 238 g/mol. The molecule has 96 valence electrons. The molecular formula is C12H22N4O. The Morgan fingerprint density at radius 2 is 2.24 bits per heavy atom. The molecule has 0 amide bonds. The number of rotatable bonds is 6. The van der Waals surface area contributed by atoms with Gasteiger partial charge in [0.05, 0.1) is 5.60 Å². The van der Waals surface area contributed by atoms with Gasteiger partial charge in [-0.1, -0.05) is 19.8 Å². The van der Waals surface area contributed by atoms with Gasteiger partial charge < -0.3 is 10.5 Å². The minimum absolute atomic E-state index is 0.108. The molecule has 2 rings (SSSR count). The number of ether oxygens (including phenoxy) is 1. The Hall–Kier alpha value is -0.940. The fraction of sp³-hybridized carbons (Fsp3) is 0.833. The number of hydrogen-bond donors (Lipinski definition) is 1. The summed E-state index contributed by atoms with van der Waals surface area (Å²) in [7, 11) is 0. The summed E-state index contributed by atoms with van der Waals surface area (Å²) < 4.78 is 7.94. The predicted molar refractivity (Wildman–Crippen MR) is 65.4 cm³/mol. The van der Waals surface area contributed by atoms with Crippen LogP contribution in [0.3, 0.4) is 0 Å². The lowest BCUT2D eigenvalue weighted by molar-refractivity contribution is -0.0488. The zero-order valence-electron chi connectivity index (χ0n) is 10.6. The molecule has 17 heavy (non-hydrogen) atoms. The van der Waals surface area contributed by atoms with Crippen molar-refractivity contribution in [2.45, 2.75) is 57.8 Å². The quantitative estimate of drug-likeness (QED) is 0.815. The molecule has 0 radical (unpaired) electrons. The molecule has 0 atom stereocenters. The summed E-state index contributed by atoms with van der Waals surface area (Å²) in [6.07, 6.45) is 7.24. The third-order valence-electron chi connectivity index (χ3n) is 3.53. The van der Waals surface area contributed by atoms with E-state index >= 15 is 0 Å². The second-order valence-corrected chi connectivity index (χ2v) is 4.78. The Kier molecular flexibility index (Phi) is 4.12. The van der Waals surface area contributed by atoms with Crippen LogP contribution in [0.4, 0.5) is 0 Å². The first-order valence-electron chi connectivity index (χ1n) is 6.50. The van der Waals surface area contributed by atoms with Gasteiger partial charge in [-0.3, -0.25) is 0 Å². The van der Waals surface area contributed by atoms with Gasteiger partial charge in [0, 0.05) is 13.1 Å². The third-order valence-corrected chi connectivity index (χ3v) is 3.53. The van der Waals surface area contributed by atoms with Gasteiger partial charge >= 0.3 is 0 Å². The standard InChI is InChI=1S/C12H22N4O/c1-2-7-16-11(14-10-15-16)8-17-12(9-13)5-3-4-6-12/h10H,2-9,13H2,1H3. The zero-order valence-corrected chi connectivity index (χ0v) is 10.6. The molecule has 1 saturated carbocycles. The Morgan fingerprint density at radius 3 is 2.88 bits per heavy atom. The minimum atomic E-state index is -0.108. The summed E-state index contributed by atoms with van der Waals surface area (Å²) in [6, 6.07) is 0. The van der Waals surface area contributed by atoms with E-state index in [1.54, 1.807) is 6.33 Å². The molecule has 1 aliphatic carbocycles. The van der Waals surface area contributed by atoms with E-state index in [1.165, 1.54) is 12.8 Å². The van der Waals surface area contributed by atoms with Gasteiger partial charge in [-0.15, -0.1) is 0 Å². The Bertz CT molecular complexity index is 344. The summed E-state index contributed by atoms with van der Waals surface area (Å²) in [5.41, 5.74) is 5.73. The van der Waals surface area contributed by atoms with E-state index in [0.717, 1.165) is 31.6 Å². The molecule has 0 bridgehead atoms. The van der Waals surface area contributed by atoms with Crippen molar-refractivity contribution >= 4 is 0 Å². The number of nitrogens with two attached hydrogens (primary N) is 1. The van der Waals surface area contributed by atoms with Crippen LogP contribution in [0.25, 0.3) is 0 Å². The first-order chi connectivity index (χ1) is 8.29. The fourth-order valence-corrected chi connectivity index (χ4v) is 2.44. The largest absolute Gasteiger partial charge is 0.366 e. The molecule has 1 heterocycles. The zero-order chi connectivity index (χ0) is 12.1. The van der Waals surface area contributed by atoms with Crippen LogP contribution in [-0.2, 0) is 17.9 Å². The molecule has 2 N–H and O–H groups in total. The van der Waals surface area contributed by atoms with Crippen LogP contribution in [0.5, 0.6) is 0 Å². The summed E-state index contributed by atoms with van der Waals surface area (Å²) in [4.78, 5) is 4.25. The number of nitrogens with zero attached hydrogens (tertiary/aromatic N) is 3. The van der Waals surface area contributed by atoms with Crippen molar-refractivity contribution in [1.82, 2.24) is 14.8 Å².